The van der Waals surface area contributed by atoms with E-state index in [0.717, 1.165) is 13.0 Å². The third-order valence-corrected chi connectivity index (χ3v) is 3.43. The van der Waals surface area contributed by atoms with Crippen LogP contribution in [0.5, 0.6) is 0 Å². The molecule has 0 radical (unpaired) electrons. The van der Waals surface area contributed by atoms with E-state index in [1.54, 1.807) is 11.3 Å². The highest BCUT2D eigenvalue weighted by Gasteiger charge is 2.11. The molecule has 1 aromatic rings. The molecule has 0 aromatic carbocycles. The van der Waals surface area contributed by atoms with Gasteiger partial charge in [0.15, 0.2) is 11.9 Å². The van der Waals surface area contributed by atoms with Gasteiger partial charge in [0.25, 0.3) is 0 Å². The third-order valence-electron chi connectivity index (χ3n) is 2.54. The smallest absolute Gasteiger partial charge is 0.199 e. The van der Waals surface area contributed by atoms with Crippen molar-refractivity contribution in [2.24, 2.45) is 15.7 Å². The average molecular weight is 251 g/mol. The standard InChI is InChI=1S/C11H17N5S/c1-7-9(4-6-17-7)3-5-13-11-15-8(2)14-10(12)16-11/h4,6,8H,3,5H2,1-2H3,(H4,12,13,14,15,16). The second-order valence-corrected chi connectivity index (χ2v) is 5.06. The van der Waals surface area contributed by atoms with Crippen molar-refractivity contribution in [1.29, 1.82) is 0 Å². The molecular formula is C11H17N5S. The summed E-state index contributed by atoms with van der Waals surface area (Å²) in [7, 11) is 0. The lowest BCUT2D eigenvalue weighted by molar-refractivity contribution is 0.663. The van der Waals surface area contributed by atoms with Crippen LogP contribution in [-0.4, -0.2) is 24.6 Å². The normalized spacial score (nSPS) is 21.9. The summed E-state index contributed by atoms with van der Waals surface area (Å²) in [4.78, 5) is 9.90. The highest BCUT2D eigenvalue weighted by molar-refractivity contribution is 7.10. The molecule has 4 N–H and O–H groups in total. The van der Waals surface area contributed by atoms with Crippen molar-refractivity contribution in [3.05, 3.63) is 21.9 Å². The molecule has 1 aliphatic rings. The van der Waals surface area contributed by atoms with Crippen molar-refractivity contribution in [3.8, 4) is 0 Å². The summed E-state index contributed by atoms with van der Waals surface area (Å²) < 4.78 is 0. The van der Waals surface area contributed by atoms with Crippen LogP contribution >= 0.6 is 11.3 Å². The molecule has 17 heavy (non-hydrogen) atoms. The van der Waals surface area contributed by atoms with Crippen LogP contribution in [0.3, 0.4) is 0 Å². The molecular weight excluding hydrogens is 234 g/mol. The van der Waals surface area contributed by atoms with E-state index in [0.29, 0.717) is 11.9 Å². The molecule has 1 atom stereocenters. The maximum Gasteiger partial charge on any atom is 0.199 e. The number of hydrogen-bond acceptors (Lipinski definition) is 4. The number of guanidine groups is 2. The molecule has 1 aliphatic heterocycles. The molecule has 0 amide bonds. The number of nitrogens with two attached hydrogens (primary N) is 1. The fraction of sp³-hybridized carbons (Fsp3) is 0.455. The van der Waals surface area contributed by atoms with Crippen molar-refractivity contribution in [2.75, 3.05) is 6.54 Å². The number of thiophene rings is 1. The van der Waals surface area contributed by atoms with Gasteiger partial charge in [0.2, 0.25) is 0 Å². The first-order valence-electron chi connectivity index (χ1n) is 5.59. The number of aryl methyl sites for hydroxylation is 1. The molecule has 0 bridgehead atoms. The number of nitrogens with zero attached hydrogens (tertiary/aromatic N) is 2. The molecule has 1 unspecified atom stereocenters. The van der Waals surface area contributed by atoms with Crippen LogP contribution in [-0.2, 0) is 6.42 Å². The summed E-state index contributed by atoms with van der Waals surface area (Å²) in [6.45, 7) is 4.82. The fourth-order valence-corrected chi connectivity index (χ4v) is 2.43. The zero-order valence-corrected chi connectivity index (χ0v) is 10.8. The Hall–Kier alpha value is -1.56. The Morgan fingerprint density at radius 3 is 3.06 bits per heavy atom. The van der Waals surface area contributed by atoms with Gasteiger partial charge in [0.1, 0.15) is 6.17 Å². The highest BCUT2D eigenvalue weighted by Crippen LogP contribution is 2.15. The van der Waals surface area contributed by atoms with E-state index >= 15 is 0 Å². The monoisotopic (exact) mass is 251 g/mol. The van der Waals surface area contributed by atoms with Gasteiger partial charge >= 0.3 is 0 Å². The van der Waals surface area contributed by atoms with Gasteiger partial charge < -0.3 is 11.1 Å². The molecule has 2 heterocycles. The minimum Gasteiger partial charge on any atom is -0.370 e. The molecule has 92 valence electrons. The zero-order valence-electron chi connectivity index (χ0n) is 10.0. The summed E-state index contributed by atoms with van der Waals surface area (Å²) in [5, 5.41) is 8.14. The zero-order chi connectivity index (χ0) is 12.3. The Kier molecular flexibility index (Phi) is 3.63. The minimum absolute atomic E-state index is 0.0158. The Bertz CT molecular complexity index is 448. The van der Waals surface area contributed by atoms with E-state index in [2.05, 4.69) is 39.0 Å². The Balaban J connectivity index is 1.89. The van der Waals surface area contributed by atoms with Crippen molar-refractivity contribution in [2.45, 2.75) is 26.4 Å². The van der Waals surface area contributed by atoms with Gasteiger partial charge in [-0.3, -0.25) is 10.3 Å². The molecule has 0 fully saturated rings. The molecule has 6 heteroatoms. The molecule has 0 spiro atoms. The van der Waals surface area contributed by atoms with E-state index in [1.807, 2.05) is 6.92 Å². The van der Waals surface area contributed by atoms with Crippen LogP contribution in [0.25, 0.3) is 0 Å². The Labute approximate surface area is 105 Å². The predicted molar refractivity (Wildman–Crippen MR) is 72.4 cm³/mol. The van der Waals surface area contributed by atoms with Gasteiger partial charge in [0, 0.05) is 11.4 Å². The fourth-order valence-electron chi connectivity index (χ4n) is 1.67. The molecule has 0 saturated heterocycles. The van der Waals surface area contributed by atoms with Crippen LogP contribution < -0.4 is 16.4 Å². The largest absolute Gasteiger partial charge is 0.370 e. The summed E-state index contributed by atoms with van der Waals surface area (Å²) >= 11 is 1.77. The van der Waals surface area contributed by atoms with Crippen LogP contribution in [0.15, 0.2) is 21.4 Å². The maximum absolute atomic E-state index is 5.63. The van der Waals surface area contributed by atoms with Crippen LogP contribution in [0, 0.1) is 6.92 Å². The van der Waals surface area contributed by atoms with E-state index in [-0.39, 0.29) is 6.17 Å². The quantitative estimate of drug-likeness (QED) is 0.744. The molecule has 2 rings (SSSR count). The lowest BCUT2D eigenvalue weighted by Crippen LogP contribution is -2.52. The van der Waals surface area contributed by atoms with E-state index in [1.165, 1.54) is 10.4 Å². The van der Waals surface area contributed by atoms with Gasteiger partial charge in [0.05, 0.1) is 0 Å². The summed E-state index contributed by atoms with van der Waals surface area (Å²) in [6, 6.07) is 2.15. The number of aliphatic imine (C=N–C) groups is 2. The lowest BCUT2D eigenvalue weighted by atomic mass is 10.2. The van der Waals surface area contributed by atoms with Crippen molar-refractivity contribution >= 4 is 23.3 Å². The van der Waals surface area contributed by atoms with Crippen LogP contribution in [0.2, 0.25) is 0 Å². The van der Waals surface area contributed by atoms with Crippen molar-refractivity contribution in [1.82, 2.24) is 10.6 Å². The van der Waals surface area contributed by atoms with Gasteiger partial charge in [-0.15, -0.1) is 11.3 Å². The Morgan fingerprint density at radius 2 is 2.41 bits per heavy atom. The molecule has 0 aliphatic carbocycles. The lowest BCUT2D eigenvalue weighted by Gasteiger charge is -2.20. The third kappa shape index (κ3) is 3.20. The van der Waals surface area contributed by atoms with E-state index < -0.39 is 0 Å². The summed E-state index contributed by atoms with van der Waals surface area (Å²) in [6.07, 6.45) is 0.936. The number of hydrogen-bond donors (Lipinski definition) is 3. The second kappa shape index (κ2) is 5.18. The molecule has 1 aromatic heterocycles. The topological polar surface area (TPSA) is 74.8 Å². The highest BCUT2D eigenvalue weighted by atomic mass is 32.1. The number of nitrogens with one attached hydrogen (secondary N) is 2. The van der Waals surface area contributed by atoms with Gasteiger partial charge in [-0.25, -0.2) is 4.99 Å². The van der Waals surface area contributed by atoms with E-state index in [9.17, 15) is 0 Å². The molecule has 5 nitrogen and oxygen atoms in total. The number of rotatable bonds is 3. The predicted octanol–water partition coefficient (Wildman–Crippen LogP) is 0.809. The van der Waals surface area contributed by atoms with Crippen molar-refractivity contribution < 1.29 is 0 Å². The van der Waals surface area contributed by atoms with Gasteiger partial charge in [-0.05, 0) is 37.3 Å². The van der Waals surface area contributed by atoms with Crippen LogP contribution in [0.4, 0.5) is 0 Å². The SMILES string of the molecule is Cc1sccc1CCN=C1NC(N)=NC(C)N1. The van der Waals surface area contributed by atoms with Gasteiger partial charge in [-0.1, -0.05) is 0 Å². The Morgan fingerprint density at radius 1 is 1.59 bits per heavy atom. The second-order valence-electron chi connectivity index (χ2n) is 3.94. The minimum atomic E-state index is -0.0158. The first kappa shape index (κ1) is 11.9. The maximum atomic E-state index is 5.63. The van der Waals surface area contributed by atoms with Crippen LogP contribution in [0.1, 0.15) is 17.4 Å². The van der Waals surface area contributed by atoms with Crippen molar-refractivity contribution in [3.63, 3.8) is 0 Å². The average Bonchev–Trinajstić information content (AvgIpc) is 2.63. The van der Waals surface area contributed by atoms with E-state index in [4.69, 9.17) is 5.73 Å². The summed E-state index contributed by atoms with van der Waals surface area (Å²) in [5.74, 6) is 1.12. The first-order valence-corrected chi connectivity index (χ1v) is 6.47. The summed E-state index contributed by atoms with van der Waals surface area (Å²) in [5.41, 5.74) is 6.99. The van der Waals surface area contributed by atoms with Gasteiger partial charge in [-0.2, -0.15) is 0 Å². The first-order chi connectivity index (χ1) is 8.15. The molecule has 0 saturated carbocycles.